The Morgan fingerprint density at radius 1 is 1.00 bits per heavy atom. The standard InChI is InChI=1S/C24H28N2O7S/c1-29-15-13-18(30-2)21(19(14-15)31-3)26-20(27)11-6-5-7-12-34-24-25-17-10-8-9-16(22(17)33-24)23(28)32-4/h8-10,13-14H,5-7,11-12H2,1-4H3,(H,26,27). The van der Waals surface area contributed by atoms with E-state index in [0.29, 0.717) is 51.2 Å². The van der Waals surface area contributed by atoms with Gasteiger partial charge in [0.25, 0.3) is 5.22 Å². The van der Waals surface area contributed by atoms with Crippen molar-refractivity contribution >= 4 is 40.4 Å². The van der Waals surface area contributed by atoms with Gasteiger partial charge in [-0.05, 0) is 25.0 Å². The normalized spacial score (nSPS) is 10.7. The third-order valence-corrected chi connectivity index (χ3v) is 5.97. The van der Waals surface area contributed by atoms with E-state index >= 15 is 0 Å². The highest BCUT2D eigenvalue weighted by molar-refractivity contribution is 7.99. The first kappa shape index (κ1) is 25.2. The summed E-state index contributed by atoms with van der Waals surface area (Å²) in [5, 5.41) is 3.37. The van der Waals surface area contributed by atoms with Crippen LogP contribution in [0.15, 0.2) is 40.0 Å². The number of oxazole rings is 1. The molecule has 182 valence electrons. The molecule has 0 spiro atoms. The number of nitrogens with zero attached hydrogens (tertiary/aromatic N) is 1. The number of amides is 1. The molecule has 1 aromatic heterocycles. The molecule has 2 aromatic carbocycles. The molecule has 0 radical (unpaired) electrons. The number of carbonyl (C=O) groups excluding carboxylic acids is 2. The number of rotatable bonds is 12. The molecule has 3 rings (SSSR count). The van der Waals surface area contributed by atoms with Gasteiger partial charge in [-0.25, -0.2) is 9.78 Å². The molecule has 0 bridgehead atoms. The maximum atomic E-state index is 12.4. The van der Waals surface area contributed by atoms with E-state index in [2.05, 4.69) is 10.3 Å². The van der Waals surface area contributed by atoms with Crippen LogP contribution in [0.25, 0.3) is 11.1 Å². The van der Waals surface area contributed by atoms with Crippen molar-refractivity contribution in [2.75, 3.05) is 39.5 Å². The maximum Gasteiger partial charge on any atom is 0.341 e. The van der Waals surface area contributed by atoms with Gasteiger partial charge in [0.05, 0.1) is 28.4 Å². The van der Waals surface area contributed by atoms with Crippen LogP contribution in [-0.4, -0.2) is 51.1 Å². The van der Waals surface area contributed by atoms with Crippen LogP contribution in [0.5, 0.6) is 17.2 Å². The summed E-state index contributed by atoms with van der Waals surface area (Å²) >= 11 is 1.47. The summed E-state index contributed by atoms with van der Waals surface area (Å²) in [6.45, 7) is 0. The Balaban J connectivity index is 1.45. The molecule has 0 saturated carbocycles. The van der Waals surface area contributed by atoms with Crippen molar-refractivity contribution in [2.24, 2.45) is 0 Å². The van der Waals surface area contributed by atoms with Crippen LogP contribution in [0.4, 0.5) is 5.69 Å². The minimum Gasteiger partial charge on any atom is -0.496 e. The number of fused-ring (bicyclic) bond motifs is 1. The number of nitrogens with one attached hydrogen (secondary N) is 1. The van der Waals surface area contributed by atoms with Crippen LogP contribution in [-0.2, 0) is 9.53 Å². The van der Waals surface area contributed by atoms with Crippen molar-refractivity contribution in [1.29, 1.82) is 0 Å². The molecule has 0 fully saturated rings. The average molecular weight is 489 g/mol. The predicted octanol–water partition coefficient (Wildman–Crippen LogP) is 4.93. The summed E-state index contributed by atoms with van der Waals surface area (Å²) in [6.07, 6.45) is 2.85. The number of para-hydroxylation sites is 1. The highest BCUT2D eigenvalue weighted by Crippen LogP contribution is 2.39. The largest absolute Gasteiger partial charge is 0.496 e. The number of ether oxygens (including phenoxy) is 4. The topological polar surface area (TPSA) is 109 Å². The van der Waals surface area contributed by atoms with E-state index in [1.807, 2.05) is 0 Å². The van der Waals surface area contributed by atoms with Crippen LogP contribution >= 0.6 is 11.8 Å². The number of carbonyl (C=O) groups is 2. The number of thioether (sulfide) groups is 1. The number of esters is 1. The molecule has 9 nitrogen and oxygen atoms in total. The van der Waals surface area contributed by atoms with Gasteiger partial charge in [0.1, 0.15) is 34.0 Å². The van der Waals surface area contributed by atoms with Gasteiger partial charge in [-0.3, -0.25) is 4.79 Å². The molecule has 0 unspecified atom stereocenters. The van der Waals surface area contributed by atoms with Crippen LogP contribution in [0.1, 0.15) is 36.0 Å². The Morgan fingerprint density at radius 3 is 2.38 bits per heavy atom. The molecular weight excluding hydrogens is 460 g/mol. The summed E-state index contributed by atoms with van der Waals surface area (Å²) in [7, 11) is 5.93. The van der Waals surface area contributed by atoms with E-state index in [9.17, 15) is 9.59 Å². The first-order valence-electron chi connectivity index (χ1n) is 10.7. The molecule has 1 N–H and O–H groups in total. The monoisotopic (exact) mass is 488 g/mol. The van der Waals surface area contributed by atoms with Crippen LogP contribution < -0.4 is 19.5 Å². The highest BCUT2D eigenvalue weighted by atomic mass is 32.2. The molecule has 0 saturated heterocycles. The smallest absolute Gasteiger partial charge is 0.341 e. The van der Waals surface area contributed by atoms with Crippen molar-refractivity contribution < 1.29 is 33.0 Å². The molecule has 34 heavy (non-hydrogen) atoms. The fourth-order valence-electron chi connectivity index (χ4n) is 3.32. The second-order valence-corrected chi connectivity index (χ2v) is 8.29. The molecule has 10 heteroatoms. The molecule has 0 aliphatic carbocycles. The first-order valence-corrected chi connectivity index (χ1v) is 11.7. The van der Waals surface area contributed by atoms with Gasteiger partial charge in [-0.1, -0.05) is 24.2 Å². The Kier molecular flexibility index (Phi) is 9.03. The second kappa shape index (κ2) is 12.2. The summed E-state index contributed by atoms with van der Waals surface area (Å²) in [4.78, 5) is 28.7. The Bertz CT molecular complexity index is 1120. The van der Waals surface area contributed by atoms with E-state index in [0.717, 1.165) is 25.0 Å². The van der Waals surface area contributed by atoms with Gasteiger partial charge in [0.15, 0.2) is 5.58 Å². The summed E-state index contributed by atoms with van der Waals surface area (Å²) < 4.78 is 26.5. The lowest BCUT2D eigenvalue weighted by Gasteiger charge is -2.15. The zero-order valence-corrected chi connectivity index (χ0v) is 20.5. The molecule has 1 heterocycles. The zero-order valence-electron chi connectivity index (χ0n) is 19.6. The molecule has 1 amide bonds. The van der Waals surface area contributed by atoms with Crippen LogP contribution in [0, 0.1) is 0 Å². The van der Waals surface area contributed by atoms with E-state index < -0.39 is 5.97 Å². The predicted molar refractivity (Wildman–Crippen MR) is 129 cm³/mol. The van der Waals surface area contributed by atoms with Crippen molar-refractivity contribution in [3.05, 3.63) is 35.9 Å². The number of unbranched alkanes of at least 4 members (excludes halogenated alkanes) is 2. The minimum atomic E-state index is -0.457. The van der Waals surface area contributed by atoms with Crippen molar-refractivity contribution in [3.8, 4) is 17.2 Å². The lowest BCUT2D eigenvalue weighted by atomic mass is 10.2. The summed E-state index contributed by atoms with van der Waals surface area (Å²) in [5.74, 6) is 1.71. The SMILES string of the molecule is COC(=O)c1cccc2nc(SCCCCCC(=O)Nc3c(OC)cc(OC)cc3OC)oc12. The number of aromatic nitrogens is 1. The van der Waals surface area contributed by atoms with Crippen molar-refractivity contribution in [3.63, 3.8) is 0 Å². The van der Waals surface area contributed by atoms with E-state index in [1.165, 1.54) is 33.1 Å². The number of hydrogen-bond acceptors (Lipinski definition) is 9. The van der Waals surface area contributed by atoms with E-state index in [4.69, 9.17) is 23.4 Å². The molecule has 0 aliphatic rings. The van der Waals surface area contributed by atoms with Crippen LogP contribution in [0.2, 0.25) is 0 Å². The minimum absolute atomic E-state index is 0.122. The number of anilines is 1. The third kappa shape index (κ3) is 6.13. The lowest BCUT2D eigenvalue weighted by Crippen LogP contribution is -2.13. The van der Waals surface area contributed by atoms with Crippen molar-refractivity contribution in [1.82, 2.24) is 4.98 Å². The van der Waals surface area contributed by atoms with Gasteiger partial charge in [0, 0.05) is 24.3 Å². The Labute approximate surface area is 202 Å². The van der Waals surface area contributed by atoms with Crippen molar-refractivity contribution in [2.45, 2.75) is 30.9 Å². The number of benzene rings is 2. The molecule has 0 atom stereocenters. The number of methoxy groups -OCH3 is 4. The fraction of sp³-hybridized carbons (Fsp3) is 0.375. The fourth-order valence-corrected chi connectivity index (χ4v) is 4.14. The Morgan fingerprint density at radius 2 is 1.74 bits per heavy atom. The van der Waals surface area contributed by atoms with Gasteiger partial charge >= 0.3 is 5.97 Å². The Hall–Kier alpha value is -3.40. The van der Waals surface area contributed by atoms with Crippen LogP contribution in [0.3, 0.4) is 0 Å². The van der Waals surface area contributed by atoms with Gasteiger partial charge in [-0.2, -0.15) is 0 Å². The van der Waals surface area contributed by atoms with E-state index in [-0.39, 0.29) is 5.91 Å². The number of hydrogen-bond donors (Lipinski definition) is 1. The van der Waals surface area contributed by atoms with Gasteiger partial charge in [-0.15, -0.1) is 0 Å². The maximum absolute atomic E-state index is 12.4. The summed E-state index contributed by atoms with van der Waals surface area (Å²) in [5.41, 5.74) is 1.88. The molecule has 3 aromatic rings. The highest BCUT2D eigenvalue weighted by Gasteiger charge is 2.17. The summed E-state index contributed by atoms with van der Waals surface area (Å²) in [6, 6.07) is 8.57. The zero-order chi connectivity index (χ0) is 24.5. The third-order valence-electron chi connectivity index (χ3n) is 5.05. The second-order valence-electron chi connectivity index (χ2n) is 7.24. The van der Waals surface area contributed by atoms with E-state index in [1.54, 1.807) is 37.4 Å². The average Bonchev–Trinajstić information content (AvgIpc) is 3.28. The van der Waals surface area contributed by atoms with Gasteiger partial charge in [0.2, 0.25) is 5.91 Å². The first-order chi connectivity index (χ1) is 16.5. The van der Waals surface area contributed by atoms with Gasteiger partial charge < -0.3 is 28.7 Å². The molecule has 0 aliphatic heterocycles. The lowest BCUT2D eigenvalue weighted by molar-refractivity contribution is -0.116. The quantitative estimate of drug-likeness (QED) is 0.215. The molecular formula is C24H28N2O7S.